The molecule has 0 rings (SSSR count). The minimum atomic E-state index is -4.49. The topological polar surface area (TPSA) is 89.3 Å². The number of hydrogen-bond acceptors (Lipinski definition) is 3. The van der Waals surface area contributed by atoms with Gasteiger partial charge in [0, 0.05) is 6.54 Å². The monoisotopic (exact) mass is 202 g/mol. The van der Waals surface area contributed by atoms with Crippen LogP contribution in [0.25, 0.3) is 0 Å². The summed E-state index contributed by atoms with van der Waals surface area (Å²) in [4.78, 5) is 9.85. The lowest BCUT2D eigenvalue weighted by Gasteiger charge is -2.10. The van der Waals surface area contributed by atoms with Crippen LogP contribution in [-0.2, 0) is 4.79 Å². The Labute approximate surface area is 73.7 Å². The van der Waals surface area contributed by atoms with Crippen LogP contribution in [0.3, 0.4) is 0 Å². The molecule has 13 heavy (non-hydrogen) atoms. The van der Waals surface area contributed by atoms with Gasteiger partial charge in [-0.05, 0) is 6.92 Å². The summed E-state index contributed by atoms with van der Waals surface area (Å²) in [5.41, 5.74) is 9.14. The van der Waals surface area contributed by atoms with Crippen LogP contribution in [0.4, 0.5) is 13.2 Å². The highest BCUT2D eigenvalue weighted by Crippen LogP contribution is 2.24. The molecule has 4 nitrogen and oxygen atoms in total. The average molecular weight is 202 g/mol. The molecule has 7 heteroatoms. The Morgan fingerprint density at radius 2 is 1.85 bits per heavy atom. The zero-order valence-electron chi connectivity index (χ0n) is 7.14. The summed E-state index contributed by atoms with van der Waals surface area (Å²) in [6.07, 6.45) is -4.49. The minimum Gasteiger partial charge on any atom is -0.395 e. The van der Waals surface area contributed by atoms with Gasteiger partial charge in [-0.25, -0.2) is 0 Å². The van der Waals surface area contributed by atoms with Crippen molar-refractivity contribution in [3.63, 3.8) is 0 Å². The van der Waals surface area contributed by atoms with Crippen molar-refractivity contribution in [3.05, 3.63) is 0 Å². The van der Waals surface area contributed by atoms with Crippen LogP contribution in [0, 0.1) is 5.92 Å². The fraction of sp³-hybridized carbons (Fsp3) is 0.833. The van der Waals surface area contributed by atoms with Crippen molar-refractivity contribution >= 4 is 5.91 Å². The van der Waals surface area contributed by atoms with Gasteiger partial charge >= 0.3 is 6.18 Å². The Balaban J connectivity index is 0. The van der Waals surface area contributed by atoms with E-state index in [2.05, 4.69) is 5.73 Å². The molecule has 80 valence electrons. The Kier molecular flexibility index (Phi) is 7.54. The van der Waals surface area contributed by atoms with Crippen molar-refractivity contribution in [2.75, 3.05) is 13.2 Å². The van der Waals surface area contributed by atoms with Gasteiger partial charge in [0.25, 0.3) is 0 Å². The first-order chi connectivity index (χ1) is 5.77. The minimum absolute atomic E-state index is 0.0972. The van der Waals surface area contributed by atoms with Gasteiger partial charge in [-0.2, -0.15) is 13.2 Å². The summed E-state index contributed by atoms with van der Waals surface area (Å²) >= 11 is 0. The number of aliphatic hydroxyl groups excluding tert-OH is 1. The number of alkyl halides is 3. The van der Waals surface area contributed by atoms with Gasteiger partial charge in [0.2, 0.25) is 5.91 Å². The molecule has 1 amide bonds. The molecule has 0 fully saturated rings. The number of halogens is 3. The third-order valence-corrected chi connectivity index (χ3v) is 1.05. The van der Waals surface area contributed by atoms with E-state index in [1.807, 2.05) is 0 Å². The van der Waals surface area contributed by atoms with Gasteiger partial charge in [-0.15, -0.1) is 0 Å². The maximum absolute atomic E-state index is 11.4. The molecule has 1 atom stereocenters. The van der Waals surface area contributed by atoms with Crippen LogP contribution < -0.4 is 11.5 Å². The summed E-state index contributed by atoms with van der Waals surface area (Å²) in [6.45, 7) is 1.20. The van der Waals surface area contributed by atoms with Crippen LogP contribution in [0.2, 0.25) is 0 Å². The fourth-order valence-corrected chi connectivity index (χ4v) is 0.161. The van der Waals surface area contributed by atoms with Crippen molar-refractivity contribution in [2.45, 2.75) is 13.1 Å². The fourth-order valence-electron chi connectivity index (χ4n) is 0.161. The van der Waals surface area contributed by atoms with E-state index in [0.717, 1.165) is 6.92 Å². The maximum Gasteiger partial charge on any atom is 0.400 e. The maximum atomic E-state index is 11.4. The van der Waals surface area contributed by atoms with Crippen molar-refractivity contribution in [1.29, 1.82) is 0 Å². The van der Waals surface area contributed by atoms with Crippen LogP contribution in [0.15, 0.2) is 0 Å². The number of aliphatic hydroxyl groups is 1. The first-order valence-electron chi connectivity index (χ1n) is 3.44. The molecule has 0 heterocycles. The lowest BCUT2D eigenvalue weighted by atomic mass is 10.2. The number of hydrogen-bond donors (Lipinski definition) is 3. The Morgan fingerprint density at radius 3 is 1.85 bits per heavy atom. The van der Waals surface area contributed by atoms with E-state index >= 15 is 0 Å². The van der Waals surface area contributed by atoms with E-state index in [0.29, 0.717) is 6.54 Å². The van der Waals surface area contributed by atoms with Crippen LogP contribution in [0.5, 0.6) is 0 Å². The van der Waals surface area contributed by atoms with Crippen LogP contribution in [0.1, 0.15) is 6.92 Å². The summed E-state index contributed by atoms with van der Waals surface area (Å²) in [6, 6.07) is 0. The van der Waals surface area contributed by atoms with Gasteiger partial charge in [-0.1, -0.05) is 0 Å². The second kappa shape index (κ2) is 6.67. The molecule has 0 saturated carbocycles. The highest BCUT2D eigenvalue weighted by molar-refractivity contribution is 5.76. The van der Waals surface area contributed by atoms with Gasteiger partial charge in [0.15, 0.2) is 0 Å². The summed E-state index contributed by atoms with van der Waals surface area (Å²) in [5.74, 6) is -3.39. The van der Waals surface area contributed by atoms with E-state index < -0.39 is 18.0 Å². The second-order valence-electron chi connectivity index (χ2n) is 2.18. The van der Waals surface area contributed by atoms with Gasteiger partial charge in [0.05, 0.1) is 6.61 Å². The number of carbonyl (C=O) groups excluding carboxylic acids is 1. The van der Waals surface area contributed by atoms with E-state index in [9.17, 15) is 18.0 Å². The van der Waals surface area contributed by atoms with Crippen molar-refractivity contribution in [3.8, 4) is 0 Å². The van der Waals surface area contributed by atoms with E-state index in [-0.39, 0.29) is 6.61 Å². The van der Waals surface area contributed by atoms with Crippen molar-refractivity contribution < 1.29 is 23.1 Å². The molecule has 0 saturated heterocycles. The third-order valence-electron chi connectivity index (χ3n) is 1.05. The Bertz CT molecular complexity index is 147. The normalized spacial score (nSPS) is 12.8. The first-order valence-corrected chi connectivity index (χ1v) is 3.44. The molecule has 0 bridgehead atoms. The van der Waals surface area contributed by atoms with Gasteiger partial charge in [-0.3, -0.25) is 4.79 Å². The predicted octanol–water partition coefficient (Wildman–Crippen LogP) is -0.393. The van der Waals surface area contributed by atoms with Crippen LogP contribution in [-0.4, -0.2) is 30.3 Å². The smallest absolute Gasteiger partial charge is 0.395 e. The lowest BCUT2D eigenvalue weighted by molar-refractivity contribution is -0.176. The SMILES string of the molecule is CC(C(N)=O)C(F)(F)F.NCCO. The molecule has 0 aliphatic carbocycles. The molecular formula is C6H13F3N2O2. The second-order valence-corrected chi connectivity index (χ2v) is 2.18. The molecule has 0 aromatic carbocycles. The molecule has 0 aliphatic rings. The predicted molar refractivity (Wildman–Crippen MR) is 40.6 cm³/mol. The zero-order chi connectivity index (χ0) is 11.1. The molecule has 5 N–H and O–H groups in total. The molecule has 0 radical (unpaired) electrons. The van der Waals surface area contributed by atoms with Crippen molar-refractivity contribution in [1.82, 2.24) is 0 Å². The summed E-state index contributed by atoms with van der Waals surface area (Å²) in [7, 11) is 0. The quantitative estimate of drug-likeness (QED) is 0.569. The van der Waals surface area contributed by atoms with Crippen molar-refractivity contribution in [2.24, 2.45) is 17.4 Å². The summed E-state index contributed by atoms with van der Waals surface area (Å²) in [5, 5.41) is 7.75. The number of nitrogens with two attached hydrogens (primary N) is 2. The Hall–Kier alpha value is -0.820. The Morgan fingerprint density at radius 1 is 1.54 bits per heavy atom. The van der Waals surface area contributed by atoms with Gasteiger partial charge in [0.1, 0.15) is 5.92 Å². The standard InChI is InChI=1S/C4H6F3NO.C2H7NO/c1-2(3(8)9)4(5,6)7;3-1-2-4/h2H,1H3,(H2,8,9);4H,1-3H2. The number of primary amides is 1. The highest BCUT2D eigenvalue weighted by Gasteiger charge is 2.39. The van der Waals surface area contributed by atoms with Crippen LogP contribution >= 0.6 is 0 Å². The number of carbonyl (C=O) groups is 1. The van der Waals surface area contributed by atoms with E-state index in [4.69, 9.17) is 10.8 Å². The number of rotatable bonds is 2. The average Bonchev–Trinajstić information content (AvgIpc) is 2.02. The largest absolute Gasteiger partial charge is 0.400 e. The lowest BCUT2D eigenvalue weighted by Crippen LogP contribution is -2.32. The third kappa shape index (κ3) is 9.09. The molecular weight excluding hydrogens is 189 g/mol. The molecule has 0 aromatic rings. The van der Waals surface area contributed by atoms with Gasteiger partial charge < -0.3 is 16.6 Å². The molecule has 0 aliphatic heterocycles. The molecule has 0 aromatic heterocycles. The number of amides is 1. The zero-order valence-corrected chi connectivity index (χ0v) is 7.14. The van der Waals surface area contributed by atoms with E-state index in [1.165, 1.54) is 0 Å². The molecule has 1 unspecified atom stereocenters. The molecule has 0 spiro atoms. The first kappa shape index (κ1) is 14.7. The van der Waals surface area contributed by atoms with E-state index in [1.54, 1.807) is 0 Å². The summed E-state index contributed by atoms with van der Waals surface area (Å²) < 4.78 is 34.2. The highest BCUT2D eigenvalue weighted by atomic mass is 19.4.